The Labute approximate surface area is 110 Å². The van der Waals surface area contributed by atoms with E-state index in [0.29, 0.717) is 31.0 Å². The minimum Gasteiger partial charge on any atom is -0.396 e. The Morgan fingerprint density at radius 3 is 2.74 bits per heavy atom. The van der Waals surface area contributed by atoms with Crippen LogP contribution in [0.25, 0.3) is 0 Å². The highest BCUT2D eigenvalue weighted by Crippen LogP contribution is 2.12. The van der Waals surface area contributed by atoms with Gasteiger partial charge in [0.25, 0.3) is 5.91 Å². The number of hydrogen-bond acceptors (Lipinski definition) is 5. The number of rotatable bonds is 3. The molecule has 2 amide bonds. The van der Waals surface area contributed by atoms with Gasteiger partial charge in [0.2, 0.25) is 5.91 Å². The van der Waals surface area contributed by atoms with E-state index in [1.165, 1.54) is 6.20 Å². The Morgan fingerprint density at radius 1 is 1.32 bits per heavy atom. The number of hydrogen-bond donors (Lipinski definition) is 3. The van der Waals surface area contributed by atoms with Gasteiger partial charge in [0.05, 0.1) is 18.4 Å². The molecule has 19 heavy (non-hydrogen) atoms. The van der Waals surface area contributed by atoms with E-state index in [0.717, 1.165) is 13.0 Å². The van der Waals surface area contributed by atoms with Crippen molar-refractivity contribution < 1.29 is 9.59 Å². The van der Waals surface area contributed by atoms with Gasteiger partial charge in [0.15, 0.2) is 0 Å². The molecule has 0 saturated carbocycles. The molecule has 1 aliphatic rings. The van der Waals surface area contributed by atoms with E-state index in [1.807, 2.05) is 4.90 Å². The number of aromatic nitrogens is 2. The Morgan fingerprint density at radius 2 is 2.11 bits per heavy atom. The van der Waals surface area contributed by atoms with E-state index in [4.69, 9.17) is 11.5 Å². The van der Waals surface area contributed by atoms with Gasteiger partial charge in [-0.2, -0.15) is 5.10 Å². The summed E-state index contributed by atoms with van der Waals surface area (Å²) in [4.78, 5) is 26.8. The van der Waals surface area contributed by atoms with Crippen molar-refractivity contribution >= 4 is 17.5 Å². The molecule has 1 aliphatic heterocycles. The van der Waals surface area contributed by atoms with Crippen LogP contribution in [0.3, 0.4) is 0 Å². The van der Waals surface area contributed by atoms with E-state index in [9.17, 15) is 9.59 Å². The van der Waals surface area contributed by atoms with Crippen molar-refractivity contribution in [2.45, 2.75) is 6.42 Å². The fourth-order valence-corrected chi connectivity index (χ4v) is 2.18. The van der Waals surface area contributed by atoms with Crippen LogP contribution in [-0.2, 0) is 4.79 Å². The van der Waals surface area contributed by atoms with E-state index in [-0.39, 0.29) is 18.4 Å². The van der Waals surface area contributed by atoms with Crippen LogP contribution in [0.4, 0.5) is 5.69 Å². The number of nitrogen functional groups attached to an aromatic ring is 1. The number of anilines is 1. The predicted molar refractivity (Wildman–Crippen MR) is 69.2 cm³/mol. The van der Waals surface area contributed by atoms with Crippen molar-refractivity contribution in [3.8, 4) is 0 Å². The van der Waals surface area contributed by atoms with Crippen molar-refractivity contribution in [3.05, 3.63) is 11.9 Å². The topological polar surface area (TPSA) is 121 Å². The molecular formula is C11H18N6O2. The highest BCUT2D eigenvalue weighted by molar-refractivity contribution is 5.97. The number of primary amides is 1. The van der Waals surface area contributed by atoms with Crippen LogP contribution >= 0.6 is 0 Å². The summed E-state index contributed by atoms with van der Waals surface area (Å²) in [5.74, 6) is -0.506. The van der Waals surface area contributed by atoms with Crippen molar-refractivity contribution in [1.82, 2.24) is 20.0 Å². The zero-order valence-electron chi connectivity index (χ0n) is 10.6. The number of amides is 2. The van der Waals surface area contributed by atoms with Crippen molar-refractivity contribution in [2.24, 2.45) is 5.73 Å². The number of nitrogens with two attached hydrogens (primary N) is 2. The normalized spacial score (nSPS) is 17.2. The standard InChI is InChI=1S/C11H18N6O2/c12-8-6-14-15-10(8)11(19)17-3-1-2-16(4-5-17)7-9(13)18/h6H,1-5,7,12H2,(H2,13,18)(H,14,15). The van der Waals surface area contributed by atoms with Crippen LogP contribution in [0, 0.1) is 0 Å². The summed E-state index contributed by atoms with van der Waals surface area (Å²) < 4.78 is 0. The van der Waals surface area contributed by atoms with E-state index in [2.05, 4.69) is 10.2 Å². The van der Waals surface area contributed by atoms with Gasteiger partial charge in [-0.1, -0.05) is 0 Å². The fourth-order valence-electron chi connectivity index (χ4n) is 2.18. The maximum absolute atomic E-state index is 12.2. The zero-order chi connectivity index (χ0) is 13.8. The SMILES string of the molecule is NC(=O)CN1CCCN(C(=O)c2[nH]ncc2N)CC1. The molecule has 2 rings (SSSR count). The van der Waals surface area contributed by atoms with Crippen LogP contribution in [-0.4, -0.2) is 64.5 Å². The minimum absolute atomic E-state index is 0.157. The summed E-state index contributed by atoms with van der Waals surface area (Å²) in [5.41, 5.74) is 11.5. The Balaban J connectivity index is 1.97. The van der Waals surface area contributed by atoms with Crippen LogP contribution in [0.1, 0.15) is 16.9 Å². The monoisotopic (exact) mass is 266 g/mol. The first-order chi connectivity index (χ1) is 9.08. The van der Waals surface area contributed by atoms with Gasteiger partial charge >= 0.3 is 0 Å². The van der Waals surface area contributed by atoms with Crippen LogP contribution in [0.5, 0.6) is 0 Å². The van der Waals surface area contributed by atoms with Crippen LogP contribution in [0.15, 0.2) is 6.20 Å². The summed E-state index contributed by atoms with van der Waals surface area (Å²) in [6.45, 7) is 2.79. The lowest BCUT2D eigenvalue weighted by Crippen LogP contribution is -2.38. The molecule has 2 heterocycles. The van der Waals surface area contributed by atoms with Gasteiger partial charge in [-0.25, -0.2) is 0 Å². The number of nitrogens with zero attached hydrogens (tertiary/aromatic N) is 3. The first-order valence-electron chi connectivity index (χ1n) is 6.16. The molecule has 0 radical (unpaired) electrons. The fraction of sp³-hybridized carbons (Fsp3) is 0.545. The Kier molecular flexibility index (Phi) is 4.00. The molecular weight excluding hydrogens is 248 g/mol. The van der Waals surface area contributed by atoms with Gasteiger partial charge in [-0.15, -0.1) is 0 Å². The molecule has 0 unspecified atom stereocenters. The summed E-state index contributed by atoms with van der Waals surface area (Å²) >= 11 is 0. The van der Waals surface area contributed by atoms with Gasteiger partial charge in [0, 0.05) is 26.2 Å². The summed E-state index contributed by atoms with van der Waals surface area (Å²) in [5, 5.41) is 6.36. The second-order valence-electron chi connectivity index (χ2n) is 4.59. The molecule has 1 aromatic heterocycles. The molecule has 1 fully saturated rings. The number of carbonyl (C=O) groups excluding carboxylic acids is 2. The molecule has 8 nitrogen and oxygen atoms in total. The van der Waals surface area contributed by atoms with E-state index in [1.54, 1.807) is 4.90 Å². The lowest BCUT2D eigenvalue weighted by atomic mass is 10.3. The molecule has 0 aliphatic carbocycles. The molecule has 0 spiro atoms. The number of aromatic amines is 1. The average molecular weight is 266 g/mol. The highest BCUT2D eigenvalue weighted by Gasteiger charge is 2.23. The molecule has 1 saturated heterocycles. The van der Waals surface area contributed by atoms with Crippen molar-refractivity contribution in [2.75, 3.05) is 38.5 Å². The number of H-pyrrole nitrogens is 1. The molecule has 1 aromatic rings. The highest BCUT2D eigenvalue weighted by atomic mass is 16.2. The summed E-state index contributed by atoms with van der Waals surface area (Å²) in [6, 6.07) is 0. The Bertz CT molecular complexity index is 472. The number of carbonyl (C=O) groups is 2. The van der Waals surface area contributed by atoms with E-state index < -0.39 is 0 Å². The van der Waals surface area contributed by atoms with Crippen LogP contribution < -0.4 is 11.5 Å². The van der Waals surface area contributed by atoms with Gasteiger partial charge in [-0.05, 0) is 6.42 Å². The molecule has 8 heteroatoms. The molecule has 0 aromatic carbocycles. The molecule has 104 valence electrons. The quantitative estimate of drug-likeness (QED) is 0.623. The third kappa shape index (κ3) is 3.22. The first kappa shape index (κ1) is 13.3. The lowest BCUT2D eigenvalue weighted by molar-refractivity contribution is -0.119. The Hall–Kier alpha value is -2.09. The van der Waals surface area contributed by atoms with Gasteiger partial charge < -0.3 is 16.4 Å². The zero-order valence-corrected chi connectivity index (χ0v) is 10.6. The summed E-state index contributed by atoms with van der Waals surface area (Å²) in [7, 11) is 0. The van der Waals surface area contributed by atoms with E-state index >= 15 is 0 Å². The second kappa shape index (κ2) is 5.70. The molecule has 0 atom stereocenters. The maximum Gasteiger partial charge on any atom is 0.274 e. The van der Waals surface area contributed by atoms with Crippen molar-refractivity contribution in [1.29, 1.82) is 0 Å². The van der Waals surface area contributed by atoms with Crippen LogP contribution in [0.2, 0.25) is 0 Å². The minimum atomic E-state index is -0.349. The van der Waals surface area contributed by atoms with Gasteiger partial charge in [0.1, 0.15) is 5.69 Å². The summed E-state index contributed by atoms with van der Waals surface area (Å²) in [6.07, 6.45) is 2.22. The molecule has 0 bridgehead atoms. The smallest absolute Gasteiger partial charge is 0.274 e. The predicted octanol–water partition coefficient (Wildman–Crippen LogP) is -1.37. The molecule has 5 N–H and O–H groups in total. The third-order valence-electron chi connectivity index (χ3n) is 3.14. The largest absolute Gasteiger partial charge is 0.396 e. The number of nitrogens with one attached hydrogen (secondary N) is 1. The third-order valence-corrected chi connectivity index (χ3v) is 3.14. The average Bonchev–Trinajstić information content (AvgIpc) is 2.64. The maximum atomic E-state index is 12.2. The first-order valence-corrected chi connectivity index (χ1v) is 6.16. The van der Waals surface area contributed by atoms with Crippen molar-refractivity contribution in [3.63, 3.8) is 0 Å². The second-order valence-corrected chi connectivity index (χ2v) is 4.59. The lowest BCUT2D eigenvalue weighted by Gasteiger charge is -2.20. The van der Waals surface area contributed by atoms with Gasteiger partial charge in [-0.3, -0.25) is 19.6 Å².